The molecule has 3 aromatic rings. The molecule has 0 fully saturated rings. The molecule has 20 heavy (non-hydrogen) atoms. The zero-order chi connectivity index (χ0) is 13.7. The maximum Gasteiger partial charge on any atom is 0.194 e. The number of hydrogen-bond acceptors (Lipinski definition) is 1. The van der Waals surface area contributed by atoms with E-state index < -0.39 is 0 Å². The summed E-state index contributed by atoms with van der Waals surface area (Å²) < 4.78 is 0. The molecule has 0 bridgehead atoms. The normalized spacial score (nSPS) is 12.6. The summed E-state index contributed by atoms with van der Waals surface area (Å²) in [6.07, 6.45) is 0.882. The molecule has 0 heterocycles. The lowest BCUT2D eigenvalue weighted by Gasteiger charge is -2.21. The van der Waals surface area contributed by atoms with Crippen LogP contribution in [0.5, 0.6) is 0 Å². The largest absolute Gasteiger partial charge is 0.289 e. The second-order valence-electron chi connectivity index (χ2n) is 5.23. The van der Waals surface area contributed by atoms with E-state index in [1.165, 1.54) is 5.56 Å². The lowest BCUT2D eigenvalue weighted by atomic mass is 9.80. The van der Waals surface area contributed by atoms with E-state index in [0.717, 1.165) is 39.4 Å². The van der Waals surface area contributed by atoms with Crippen LogP contribution in [-0.2, 0) is 6.42 Å². The van der Waals surface area contributed by atoms with Gasteiger partial charge in [0.05, 0.1) is 0 Å². The number of aryl methyl sites for hydroxylation is 1. The van der Waals surface area contributed by atoms with Crippen molar-refractivity contribution in [3.8, 4) is 11.1 Å². The van der Waals surface area contributed by atoms with Gasteiger partial charge in [-0.3, -0.25) is 4.79 Å². The van der Waals surface area contributed by atoms with Gasteiger partial charge in [0.2, 0.25) is 0 Å². The molecule has 0 saturated heterocycles. The smallest absolute Gasteiger partial charge is 0.194 e. The highest BCUT2D eigenvalue weighted by atomic mass is 16.1. The Kier molecular flexibility index (Phi) is 2.31. The van der Waals surface area contributed by atoms with E-state index in [0.29, 0.717) is 0 Å². The van der Waals surface area contributed by atoms with Gasteiger partial charge in [0.25, 0.3) is 0 Å². The highest BCUT2D eigenvalue weighted by molar-refractivity contribution is 6.26. The van der Waals surface area contributed by atoms with Crippen molar-refractivity contribution in [1.82, 2.24) is 0 Å². The van der Waals surface area contributed by atoms with Crippen molar-refractivity contribution in [2.75, 3.05) is 0 Å². The Balaban J connectivity index is 2.26. The van der Waals surface area contributed by atoms with Gasteiger partial charge >= 0.3 is 0 Å². The molecule has 96 valence electrons. The van der Waals surface area contributed by atoms with Crippen LogP contribution in [0.1, 0.15) is 28.4 Å². The predicted molar refractivity (Wildman–Crippen MR) is 82.2 cm³/mol. The number of fused-ring (bicyclic) bond motifs is 2. The van der Waals surface area contributed by atoms with Crippen LogP contribution in [0.4, 0.5) is 0 Å². The monoisotopic (exact) mass is 258 g/mol. The van der Waals surface area contributed by atoms with Crippen LogP contribution >= 0.6 is 0 Å². The second kappa shape index (κ2) is 4.04. The minimum atomic E-state index is 0.168. The Morgan fingerprint density at radius 2 is 1.55 bits per heavy atom. The minimum absolute atomic E-state index is 0.168. The second-order valence-corrected chi connectivity index (χ2v) is 5.23. The summed E-state index contributed by atoms with van der Waals surface area (Å²) in [7, 11) is 0. The number of carbonyl (C=O) groups excluding carboxylic acids is 1. The summed E-state index contributed by atoms with van der Waals surface area (Å²) in [6.45, 7) is 2.11. The van der Waals surface area contributed by atoms with Crippen molar-refractivity contribution in [2.24, 2.45) is 0 Å². The van der Waals surface area contributed by atoms with Gasteiger partial charge in [-0.25, -0.2) is 0 Å². The molecule has 0 amide bonds. The summed E-state index contributed by atoms with van der Waals surface area (Å²) in [5.41, 5.74) is 5.11. The van der Waals surface area contributed by atoms with Crippen LogP contribution in [0.3, 0.4) is 0 Å². The number of carbonyl (C=O) groups is 1. The van der Waals surface area contributed by atoms with Crippen LogP contribution in [0.15, 0.2) is 54.6 Å². The molecule has 0 aromatic heterocycles. The summed E-state index contributed by atoms with van der Waals surface area (Å²) in [6, 6.07) is 18.4. The molecular formula is C19H14O. The first kappa shape index (κ1) is 11.4. The fourth-order valence-corrected chi connectivity index (χ4v) is 3.25. The van der Waals surface area contributed by atoms with Crippen molar-refractivity contribution in [3.63, 3.8) is 0 Å². The van der Waals surface area contributed by atoms with E-state index in [1.807, 2.05) is 24.3 Å². The SMILES string of the molecule is CCc1ccc2cccc3c2c1C(=O)c1ccccc1-3. The van der Waals surface area contributed by atoms with E-state index >= 15 is 0 Å². The average molecular weight is 258 g/mol. The van der Waals surface area contributed by atoms with Crippen molar-refractivity contribution in [1.29, 1.82) is 0 Å². The first-order chi connectivity index (χ1) is 9.81. The maximum atomic E-state index is 12.9. The Morgan fingerprint density at radius 1 is 0.800 bits per heavy atom. The molecular weight excluding hydrogens is 244 g/mol. The van der Waals surface area contributed by atoms with E-state index in [9.17, 15) is 4.79 Å². The summed E-state index contributed by atoms with van der Waals surface area (Å²) in [5, 5.41) is 2.27. The third kappa shape index (κ3) is 1.35. The molecule has 0 radical (unpaired) electrons. The van der Waals surface area contributed by atoms with Gasteiger partial charge in [-0.15, -0.1) is 0 Å². The van der Waals surface area contributed by atoms with Crippen molar-refractivity contribution in [3.05, 3.63) is 71.3 Å². The highest BCUT2D eigenvalue weighted by Gasteiger charge is 2.26. The van der Waals surface area contributed by atoms with Crippen LogP contribution in [0, 0.1) is 0 Å². The first-order valence-corrected chi connectivity index (χ1v) is 7.00. The lowest BCUT2D eigenvalue weighted by molar-refractivity contribution is 0.103. The topological polar surface area (TPSA) is 17.1 Å². The molecule has 1 aliphatic carbocycles. The molecule has 0 saturated carbocycles. The Labute approximate surface area is 117 Å². The van der Waals surface area contributed by atoms with Gasteiger partial charge < -0.3 is 0 Å². The molecule has 1 heteroatoms. The van der Waals surface area contributed by atoms with Crippen LogP contribution in [-0.4, -0.2) is 5.78 Å². The number of rotatable bonds is 1. The van der Waals surface area contributed by atoms with E-state index in [2.05, 4.69) is 37.3 Å². The molecule has 1 aliphatic rings. The van der Waals surface area contributed by atoms with Crippen molar-refractivity contribution < 1.29 is 4.79 Å². The Hall–Kier alpha value is -2.41. The van der Waals surface area contributed by atoms with Crippen LogP contribution < -0.4 is 0 Å². The van der Waals surface area contributed by atoms with Gasteiger partial charge in [-0.2, -0.15) is 0 Å². The zero-order valence-electron chi connectivity index (χ0n) is 11.3. The molecule has 1 nitrogen and oxygen atoms in total. The van der Waals surface area contributed by atoms with Gasteiger partial charge in [-0.1, -0.05) is 61.5 Å². The maximum absolute atomic E-state index is 12.9. The number of hydrogen-bond donors (Lipinski definition) is 0. The molecule has 0 unspecified atom stereocenters. The zero-order valence-corrected chi connectivity index (χ0v) is 11.3. The summed E-state index contributed by atoms with van der Waals surface area (Å²) >= 11 is 0. The Bertz CT molecular complexity index is 859. The predicted octanol–water partition coefficient (Wildman–Crippen LogP) is 4.61. The van der Waals surface area contributed by atoms with Gasteiger partial charge in [0.15, 0.2) is 5.78 Å². The third-order valence-electron chi connectivity index (χ3n) is 4.20. The van der Waals surface area contributed by atoms with E-state index in [1.54, 1.807) is 0 Å². The van der Waals surface area contributed by atoms with E-state index in [-0.39, 0.29) is 5.78 Å². The fourth-order valence-electron chi connectivity index (χ4n) is 3.25. The summed E-state index contributed by atoms with van der Waals surface area (Å²) in [5.74, 6) is 0.168. The van der Waals surface area contributed by atoms with Gasteiger partial charge in [-0.05, 0) is 28.5 Å². The fraction of sp³-hybridized carbons (Fsp3) is 0.105. The van der Waals surface area contributed by atoms with Crippen molar-refractivity contribution >= 4 is 16.6 Å². The third-order valence-corrected chi connectivity index (χ3v) is 4.20. The van der Waals surface area contributed by atoms with E-state index in [4.69, 9.17) is 0 Å². The molecule has 0 aliphatic heterocycles. The van der Waals surface area contributed by atoms with Crippen molar-refractivity contribution in [2.45, 2.75) is 13.3 Å². The molecule has 0 spiro atoms. The van der Waals surface area contributed by atoms with Crippen LogP contribution in [0.25, 0.3) is 21.9 Å². The average Bonchev–Trinajstić information content (AvgIpc) is 2.52. The number of benzene rings is 3. The van der Waals surface area contributed by atoms with Gasteiger partial charge in [0, 0.05) is 16.5 Å². The highest BCUT2D eigenvalue weighted by Crippen LogP contribution is 2.40. The molecule has 3 aromatic carbocycles. The molecule has 0 N–H and O–H groups in total. The minimum Gasteiger partial charge on any atom is -0.289 e. The summed E-state index contributed by atoms with van der Waals surface area (Å²) in [4.78, 5) is 12.9. The van der Waals surface area contributed by atoms with Crippen LogP contribution in [0.2, 0.25) is 0 Å². The molecule has 0 atom stereocenters. The molecule has 4 rings (SSSR count). The Morgan fingerprint density at radius 3 is 2.35 bits per heavy atom. The number of ketones is 1. The van der Waals surface area contributed by atoms with Gasteiger partial charge in [0.1, 0.15) is 0 Å². The standard InChI is InChI=1S/C19H14O/c1-2-12-10-11-13-6-5-9-15-14-7-3-4-8-16(14)19(20)18(12)17(13)15/h3-11H,2H2,1H3. The quantitative estimate of drug-likeness (QED) is 0.487. The first-order valence-electron chi connectivity index (χ1n) is 7.00. The lowest BCUT2D eigenvalue weighted by Crippen LogP contribution is -2.12.